The first-order chi connectivity index (χ1) is 12.1. The molecule has 0 atom stereocenters. The van der Waals surface area contributed by atoms with Gasteiger partial charge < -0.3 is 15.5 Å². The first-order valence-electron chi connectivity index (χ1n) is 9.17. The van der Waals surface area contributed by atoms with E-state index in [0.717, 1.165) is 24.0 Å². The molecule has 0 spiro atoms. The monoisotopic (exact) mass is 339 g/mol. The zero-order valence-corrected chi connectivity index (χ0v) is 15.5. The van der Waals surface area contributed by atoms with Gasteiger partial charge in [-0.2, -0.15) is 0 Å². The highest BCUT2D eigenvalue weighted by Crippen LogP contribution is 2.23. The molecule has 1 aliphatic rings. The van der Waals surface area contributed by atoms with Gasteiger partial charge in [-0.3, -0.25) is 0 Å². The fourth-order valence-corrected chi connectivity index (χ4v) is 3.36. The Labute approximate surface area is 150 Å². The predicted octanol–water partition coefficient (Wildman–Crippen LogP) is 3.36. The number of hydrogen-bond donors (Lipinski definition) is 2. The molecule has 0 radical (unpaired) electrons. The minimum atomic E-state index is 0.499. The van der Waals surface area contributed by atoms with Gasteiger partial charge in [-0.1, -0.05) is 30.3 Å². The van der Waals surface area contributed by atoms with Crippen molar-refractivity contribution in [1.29, 1.82) is 0 Å². The zero-order valence-electron chi connectivity index (χ0n) is 15.5. The third kappa shape index (κ3) is 5.16. The van der Waals surface area contributed by atoms with Gasteiger partial charge in [0.25, 0.3) is 0 Å². The van der Waals surface area contributed by atoms with Gasteiger partial charge >= 0.3 is 0 Å². The summed E-state index contributed by atoms with van der Waals surface area (Å²) in [7, 11) is 4.02. The largest absolute Gasteiger partial charge is 0.367 e. The predicted molar refractivity (Wildman–Crippen MR) is 104 cm³/mol. The Balaban J connectivity index is 1.48. The Morgan fingerprint density at radius 2 is 1.68 bits per heavy atom. The second kappa shape index (κ2) is 8.30. The highest BCUT2D eigenvalue weighted by molar-refractivity contribution is 5.49. The lowest BCUT2D eigenvalue weighted by Crippen LogP contribution is -2.36. The Bertz CT molecular complexity index is 663. The van der Waals surface area contributed by atoms with Gasteiger partial charge in [-0.05, 0) is 38.2 Å². The minimum absolute atomic E-state index is 0.499. The number of aromatic nitrogens is 2. The first-order valence-corrected chi connectivity index (χ1v) is 9.17. The zero-order chi connectivity index (χ0) is 17.6. The molecule has 1 fully saturated rings. The van der Waals surface area contributed by atoms with Crippen LogP contribution in [0.15, 0.2) is 36.4 Å². The Morgan fingerprint density at radius 1 is 1.00 bits per heavy atom. The normalized spacial score (nSPS) is 20.3. The van der Waals surface area contributed by atoms with Crippen LogP contribution in [0.1, 0.15) is 37.1 Å². The number of benzene rings is 1. The summed E-state index contributed by atoms with van der Waals surface area (Å²) in [6.45, 7) is 2.91. The van der Waals surface area contributed by atoms with E-state index in [1.165, 1.54) is 31.2 Å². The molecule has 2 N–H and O–H groups in total. The molecule has 1 aliphatic carbocycles. The second-order valence-corrected chi connectivity index (χ2v) is 7.11. The SMILES string of the molecule is Cc1nc(NC2CCC(NCc3ccccc3)CC2)cc(N(C)C)n1. The van der Waals surface area contributed by atoms with E-state index in [9.17, 15) is 0 Å². The van der Waals surface area contributed by atoms with Gasteiger partial charge in [-0.15, -0.1) is 0 Å². The standard InChI is InChI=1S/C20H29N5/c1-15-22-19(13-20(23-15)25(2)3)24-18-11-9-17(10-12-18)21-14-16-7-5-4-6-8-16/h4-8,13,17-18,21H,9-12,14H2,1-3H3,(H,22,23,24). The van der Waals surface area contributed by atoms with Gasteiger partial charge in [0.05, 0.1) is 0 Å². The smallest absolute Gasteiger partial charge is 0.133 e. The molecule has 1 heterocycles. The van der Waals surface area contributed by atoms with Gasteiger partial charge in [0.1, 0.15) is 17.5 Å². The van der Waals surface area contributed by atoms with Crippen molar-refractivity contribution in [3.05, 3.63) is 47.8 Å². The number of nitrogens with one attached hydrogen (secondary N) is 2. The fraction of sp³-hybridized carbons (Fsp3) is 0.500. The summed E-state index contributed by atoms with van der Waals surface area (Å²) in [5, 5.41) is 7.30. The molecule has 5 nitrogen and oxygen atoms in total. The van der Waals surface area contributed by atoms with Crippen molar-refractivity contribution < 1.29 is 0 Å². The van der Waals surface area contributed by atoms with Crippen LogP contribution in [0.25, 0.3) is 0 Å². The molecule has 3 rings (SSSR count). The van der Waals surface area contributed by atoms with Crippen molar-refractivity contribution in [3.63, 3.8) is 0 Å². The fourth-order valence-electron chi connectivity index (χ4n) is 3.36. The maximum atomic E-state index is 4.54. The maximum Gasteiger partial charge on any atom is 0.133 e. The van der Waals surface area contributed by atoms with Crippen LogP contribution in [0, 0.1) is 6.92 Å². The lowest BCUT2D eigenvalue weighted by atomic mass is 9.91. The summed E-state index contributed by atoms with van der Waals surface area (Å²) < 4.78 is 0. The van der Waals surface area contributed by atoms with Gasteiger partial charge in [-0.25, -0.2) is 9.97 Å². The summed E-state index contributed by atoms with van der Waals surface area (Å²) in [4.78, 5) is 11.0. The van der Waals surface area contributed by atoms with Crippen molar-refractivity contribution >= 4 is 11.6 Å². The Kier molecular flexibility index (Phi) is 5.87. The van der Waals surface area contributed by atoms with Gasteiger partial charge in [0.15, 0.2) is 0 Å². The first kappa shape index (κ1) is 17.7. The molecular weight excluding hydrogens is 310 g/mol. The molecule has 2 aromatic rings. The summed E-state index contributed by atoms with van der Waals surface area (Å²) in [6, 6.07) is 13.8. The van der Waals surface area contributed by atoms with E-state index in [2.05, 4.69) is 50.9 Å². The minimum Gasteiger partial charge on any atom is -0.367 e. The quantitative estimate of drug-likeness (QED) is 0.845. The van der Waals surface area contributed by atoms with E-state index >= 15 is 0 Å². The highest BCUT2D eigenvalue weighted by atomic mass is 15.2. The second-order valence-electron chi connectivity index (χ2n) is 7.11. The van der Waals surface area contributed by atoms with E-state index < -0.39 is 0 Å². The van der Waals surface area contributed by atoms with E-state index in [1.807, 2.05) is 32.0 Å². The molecule has 0 bridgehead atoms. The highest BCUT2D eigenvalue weighted by Gasteiger charge is 2.21. The van der Waals surface area contributed by atoms with Crippen LogP contribution >= 0.6 is 0 Å². The molecule has 0 amide bonds. The molecule has 5 heteroatoms. The van der Waals surface area contributed by atoms with Crippen LogP contribution in [0.5, 0.6) is 0 Å². The van der Waals surface area contributed by atoms with Crippen LogP contribution < -0.4 is 15.5 Å². The Morgan fingerprint density at radius 3 is 2.36 bits per heavy atom. The van der Waals surface area contributed by atoms with Crippen LogP contribution in [0.3, 0.4) is 0 Å². The molecule has 0 saturated heterocycles. The summed E-state index contributed by atoms with van der Waals surface area (Å²) >= 11 is 0. The topological polar surface area (TPSA) is 53.1 Å². The third-order valence-corrected chi connectivity index (χ3v) is 4.80. The van der Waals surface area contributed by atoms with Crippen LogP contribution in [-0.2, 0) is 6.54 Å². The summed E-state index contributed by atoms with van der Waals surface area (Å²) in [5.41, 5.74) is 1.36. The Hall–Kier alpha value is -2.14. The molecule has 1 aromatic heterocycles. The van der Waals surface area contributed by atoms with Crippen LogP contribution in [0.4, 0.5) is 11.6 Å². The molecule has 134 valence electrons. The molecule has 0 unspecified atom stereocenters. The average Bonchev–Trinajstić information content (AvgIpc) is 2.61. The molecular formula is C20H29N5. The van der Waals surface area contributed by atoms with E-state index in [1.54, 1.807) is 0 Å². The van der Waals surface area contributed by atoms with Crippen molar-refractivity contribution in [2.75, 3.05) is 24.3 Å². The number of rotatable bonds is 6. The molecule has 1 aromatic carbocycles. The lowest BCUT2D eigenvalue weighted by molar-refractivity contribution is 0.352. The van der Waals surface area contributed by atoms with Crippen molar-refractivity contribution in [3.8, 4) is 0 Å². The molecule has 0 aliphatic heterocycles. The summed E-state index contributed by atoms with van der Waals surface area (Å²) in [5.74, 6) is 2.71. The van der Waals surface area contributed by atoms with Gasteiger partial charge in [0, 0.05) is 38.8 Å². The van der Waals surface area contributed by atoms with Crippen molar-refractivity contribution in [2.24, 2.45) is 0 Å². The molecule has 25 heavy (non-hydrogen) atoms. The van der Waals surface area contributed by atoms with Gasteiger partial charge in [0.2, 0.25) is 0 Å². The lowest BCUT2D eigenvalue weighted by Gasteiger charge is -2.30. The van der Waals surface area contributed by atoms with Crippen molar-refractivity contribution in [1.82, 2.24) is 15.3 Å². The number of aryl methyl sites for hydroxylation is 1. The van der Waals surface area contributed by atoms with E-state index in [4.69, 9.17) is 0 Å². The number of anilines is 2. The van der Waals surface area contributed by atoms with Crippen LogP contribution in [-0.4, -0.2) is 36.1 Å². The van der Waals surface area contributed by atoms with E-state index in [-0.39, 0.29) is 0 Å². The average molecular weight is 339 g/mol. The number of hydrogen-bond acceptors (Lipinski definition) is 5. The number of nitrogens with zero attached hydrogens (tertiary/aromatic N) is 3. The third-order valence-electron chi connectivity index (χ3n) is 4.80. The van der Waals surface area contributed by atoms with Crippen LogP contribution in [0.2, 0.25) is 0 Å². The van der Waals surface area contributed by atoms with E-state index in [0.29, 0.717) is 12.1 Å². The summed E-state index contributed by atoms with van der Waals surface area (Å²) in [6.07, 6.45) is 4.75. The van der Waals surface area contributed by atoms with Crippen molar-refractivity contribution in [2.45, 2.75) is 51.2 Å². The maximum absolute atomic E-state index is 4.54. The molecule has 1 saturated carbocycles.